The molecule has 0 unspecified atom stereocenters. The van der Waals surface area contributed by atoms with Gasteiger partial charge in [-0.3, -0.25) is 9.78 Å². The molecule has 0 fully saturated rings. The first-order chi connectivity index (χ1) is 18.3. The number of aromatic nitrogens is 2. The van der Waals surface area contributed by atoms with Crippen molar-refractivity contribution in [2.75, 3.05) is 18.8 Å². The van der Waals surface area contributed by atoms with Gasteiger partial charge in [0.25, 0.3) is 5.91 Å². The smallest absolute Gasteiger partial charge is 0.407 e. The summed E-state index contributed by atoms with van der Waals surface area (Å²) in [7, 11) is 0. The number of ether oxygens (including phenoxy) is 1. The molecule has 0 saturated heterocycles. The van der Waals surface area contributed by atoms with Crippen molar-refractivity contribution in [2.45, 2.75) is 39.0 Å². The van der Waals surface area contributed by atoms with E-state index in [1.165, 1.54) is 22.7 Å². The van der Waals surface area contributed by atoms with Crippen LogP contribution in [0.4, 0.5) is 9.93 Å². The molecule has 0 aliphatic carbocycles. The van der Waals surface area contributed by atoms with Crippen molar-refractivity contribution in [3.63, 3.8) is 0 Å². The summed E-state index contributed by atoms with van der Waals surface area (Å²) in [6.07, 6.45) is 0.319. The number of aliphatic hydroxyl groups is 1. The van der Waals surface area contributed by atoms with Crippen molar-refractivity contribution in [2.24, 2.45) is 5.92 Å². The van der Waals surface area contributed by atoms with Crippen LogP contribution in [0.3, 0.4) is 0 Å². The van der Waals surface area contributed by atoms with Gasteiger partial charge in [-0.05, 0) is 36.1 Å². The van der Waals surface area contributed by atoms with E-state index >= 15 is 0 Å². The molecule has 4 aromatic rings. The quantitative estimate of drug-likeness (QED) is 0.252. The summed E-state index contributed by atoms with van der Waals surface area (Å²) in [6, 6.07) is 14.2. The molecule has 4 N–H and O–H groups in total. The van der Waals surface area contributed by atoms with Crippen LogP contribution in [0.5, 0.6) is 0 Å². The second kappa shape index (κ2) is 12.8. The molecule has 0 saturated carbocycles. The number of benzene rings is 2. The summed E-state index contributed by atoms with van der Waals surface area (Å²) in [4.78, 5) is 36.9. The highest BCUT2D eigenvalue weighted by Crippen LogP contribution is 2.25. The Labute approximate surface area is 229 Å². The lowest BCUT2D eigenvalue weighted by atomic mass is 10.00. The largest absolute Gasteiger partial charge is 0.444 e. The maximum Gasteiger partial charge on any atom is 0.407 e. The molecular weight excluding hydrogens is 522 g/mol. The van der Waals surface area contributed by atoms with Crippen LogP contribution in [0.15, 0.2) is 60.2 Å². The normalized spacial score (nSPS) is 12.8. The van der Waals surface area contributed by atoms with Crippen LogP contribution >= 0.6 is 22.7 Å². The van der Waals surface area contributed by atoms with Crippen LogP contribution < -0.4 is 11.1 Å². The molecule has 9 nitrogen and oxygen atoms in total. The first-order valence-corrected chi connectivity index (χ1v) is 14.0. The number of nitrogen functional groups attached to an aromatic ring is 1. The molecule has 200 valence electrons. The number of hydrogen-bond acceptors (Lipinski definition) is 9. The third-order valence-corrected chi connectivity index (χ3v) is 7.43. The Morgan fingerprint density at radius 1 is 1.16 bits per heavy atom. The second-order valence-corrected chi connectivity index (χ2v) is 11.4. The number of hydrogen-bond donors (Lipinski definition) is 3. The number of alkyl carbamates (subject to hydrolysis) is 1. The van der Waals surface area contributed by atoms with E-state index in [2.05, 4.69) is 15.3 Å². The number of nitrogens with two attached hydrogens (primary N) is 1. The number of nitrogens with one attached hydrogen (secondary N) is 1. The lowest BCUT2D eigenvalue weighted by Gasteiger charge is -2.31. The van der Waals surface area contributed by atoms with Crippen molar-refractivity contribution in [1.82, 2.24) is 20.2 Å². The number of thiazole rings is 2. The zero-order valence-corrected chi connectivity index (χ0v) is 22.9. The number of carbonyl (C=O) groups is 2. The van der Waals surface area contributed by atoms with Crippen LogP contribution in [0.1, 0.15) is 34.6 Å². The lowest BCUT2D eigenvalue weighted by molar-refractivity contribution is 0.0494. The highest BCUT2D eigenvalue weighted by Gasteiger charge is 2.28. The second-order valence-electron chi connectivity index (χ2n) is 9.39. The fourth-order valence-electron chi connectivity index (χ4n) is 4.09. The van der Waals surface area contributed by atoms with E-state index in [4.69, 9.17) is 10.5 Å². The topological polar surface area (TPSA) is 131 Å². The molecule has 4 rings (SSSR count). The van der Waals surface area contributed by atoms with Gasteiger partial charge in [-0.15, -0.1) is 11.3 Å². The Balaban J connectivity index is 1.50. The van der Waals surface area contributed by atoms with Crippen LogP contribution in [-0.4, -0.2) is 57.2 Å². The summed E-state index contributed by atoms with van der Waals surface area (Å²) in [5.41, 5.74) is 9.66. The van der Waals surface area contributed by atoms with E-state index in [0.29, 0.717) is 23.7 Å². The third-order valence-electron chi connectivity index (χ3n) is 5.83. The van der Waals surface area contributed by atoms with Crippen molar-refractivity contribution in [3.8, 4) is 0 Å². The average Bonchev–Trinajstić information content (AvgIpc) is 3.54. The summed E-state index contributed by atoms with van der Waals surface area (Å²) in [5, 5.41) is 14.6. The average molecular weight is 554 g/mol. The standard InChI is InChI=1S/C27H31N5O4S2/c1-17(2)13-32(25(34)19-8-9-21-24(11-19)38-26(28)30-21)14-23(33)22(10-18-6-4-3-5-7-18)31-27(35)36-15-20-12-29-16-37-20/h3-9,11-12,16-17,22-23,33H,10,13-15H2,1-2H3,(H2,28,30)(H,31,35)/t22-,23+/m0/s1. The van der Waals surface area contributed by atoms with Gasteiger partial charge in [-0.25, -0.2) is 9.78 Å². The van der Waals surface area contributed by atoms with Gasteiger partial charge in [0.05, 0.1) is 32.8 Å². The van der Waals surface area contributed by atoms with E-state index in [9.17, 15) is 14.7 Å². The molecule has 11 heteroatoms. The number of fused-ring (bicyclic) bond motifs is 1. The molecular formula is C27H31N5O4S2. The minimum absolute atomic E-state index is 0.0342. The van der Waals surface area contributed by atoms with Gasteiger partial charge in [-0.2, -0.15) is 0 Å². The minimum Gasteiger partial charge on any atom is -0.444 e. The maximum atomic E-state index is 13.6. The molecule has 0 aliphatic rings. The highest BCUT2D eigenvalue weighted by atomic mass is 32.1. The van der Waals surface area contributed by atoms with Gasteiger partial charge in [-0.1, -0.05) is 55.5 Å². The molecule has 0 radical (unpaired) electrons. The van der Waals surface area contributed by atoms with E-state index in [-0.39, 0.29) is 25.0 Å². The molecule has 0 spiro atoms. The lowest BCUT2D eigenvalue weighted by Crippen LogP contribution is -2.51. The van der Waals surface area contributed by atoms with Gasteiger partial charge in [0.15, 0.2) is 5.13 Å². The Morgan fingerprint density at radius 2 is 1.95 bits per heavy atom. The van der Waals surface area contributed by atoms with E-state index < -0.39 is 18.2 Å². The van der Waals surface area contributed by atoms with E-state index in [0.717, 1.165) is 20.7 Å². The number of rotatable bonds is 11. The zero-order chi connectivity index (χ0) is 27.1. The van der Waals surface area contributed by atoms with Crippen LogP contribution in [0, 0.1) is 5.92 Å². The van der Waals surface area contributed by atoms with Gasteiger partial charge in [0, 0.05) is 24.8 Å². The van der Waals surface area contributed by atoms with E-state index in [1.807, 2.05) is 44.2 Å². The highest BCUT2D eigenvalue weighted by molar-refractivity contribution is 7.22. The van der Waals surface area contributed by atoms with Crippen LogP contribution in [0.25, 0.3) is 10.2 Å². The first-order valence-electron chi connectivity index (χ1n) is 12.3. The number of aliphatic hydroxyl groups excluding tert-OH is 1. The summed E-state index contributed by atoms with van der Waals surface area (Å²) in [5.74, 6) is -0.0447. The molecule has 2 amide bonds. The Morgan fingerprint density at radius 3 is 2.66 bits per heavy atom. The number of nitrogens with zero attached hydrogens (tertiary/aromatic N) is 3. The fraction of sp³-hybridized carbons (Fsp3) is 0.333. The van der Waals surface area contributed by atoms with Crippen LogP contribution in [-0.2, 0) is 17.8 Å². The Bertz CT molecular complexity index is 1340. The number of anilines is 1. The van der Waals surface area contributed by atoms with Crippen molar-refractivity contribution < 1.29 is 19.4 Å². The molecule has 2 aromatic heterocycles. The van der Waals surface area contributed by atoms with Gasteiger partial charge >= 0.3 is 6.09 Å². The molecule has 2 heterocycles. The molecule has 0 aliphatic heterocycles. The van der Waals surface area contributed by atoms with Crippen molar-refractivity contribution in [3.05, 3.63) is 76.2 Å². The predicted molar refractivity (Wildman–Crippen MR) is 150 cm³/mol. The SMILES string of the molecule is CC(C)CN(C[C@@H](O)[C@H](Cc1ccccc1)NC(=O)OCc1cncs1)C(=O)c1ccc2nc(N)sc2c1. The minimum atomic E-state index is -1.04. The number of carbonyl (C=O) groups excluding carboxylic acids is 2. The molecule has 38 heavy (non-hydrogen) atoms. The zero-order valence-electron chi connectivity index (χ0n) is 21.2. The van der Waals surface area contributed by atoms with Gasteiger partial charge < -0.3 is 25.8 Å². The van der Waals surface area contributed by atoms with Gasteiger partial charge in [0.2, 0.25) is 0 Å². The Hall–Kier alpha value is -3.54. The van der Waals surface area contributed by atoms with Crippen molar-refractivity contribution in [1.29, 1.82) is 0 Å². The van der Waals surface area contributed by atoms with Gasteiger partial charge in [0.1, 0.15) is 6.61 Å². The summed E-state index contributed by atoms with van der Waals surface area (Å²) >= 11 is 2.71. The summed E-state index contributed by atoms with van der Waals surface area (Å²) in [6.45, 7) is 4.58. The molecule has 0 bridgehead atoms. The monoisotopic (exact) mass is 553 g/mol. The third kappa shape index (κ3) is 7.50. The Kier molecular flexibility index (Phi) is 9.27. The predicted octanol–water partition coefficient (Wildman–Crippen LogP) is 4.33. The van der Waals surface area contributed by atoms with Crippen molar-refractivity contribution >= 4 is 50.0 Å². The molecule has 2 aromatic carbocycles. The van der Waals surface area contributed by atoms with E-state index in [1.54, 1.807) is 34.8 Å². The summed E-state index contributed by atoms with van der Waals surface area (Å²) < 4.78 is 6.17. The maximum absolute atomic E-state index is 13.6. The molecule has 2 atom stereocenters. The van der Waals surface area contributed by atoms with Crippen LogP contribution in [0.2, 0.25) is 0 Å². The fourth-order valence-corrected chi connectivity index (χ4v) is 5.37. The first kappa shape index (κ1) is 27.5. The number of amides is 2.